The quantitative estimate of drug-likeness (QED) is 0.778. The van der Waals surface area contributed by atoms with Gasteiger partial charge in [0, 0.05) is 24.7 Å². The molecule has 2 aliphatic heterocycles. The average molecular weight is 367 g/mol. The molecule has 0 radical (unpaired) electrons. The van der Waals surface area contributed by atoms with Gasteiger partial charge in [0.05, 0.1) is 7.11 Å². The average Bonchev–Trinajstić information content (AvgIpc) is 3.10. The summed E-state index contributed by atoms with van der Waals surface area (Å²) >= 11 is 0. The van der Waals surface area contributed by atoms with Gasteiger partial charge in [-0.2, -0.15) is 0 Å². The molecule has 1 saturated heterocycles. The monoisotopic (exact) mass is 367 g/mol. The van der Waals surface area contributed by atoms with Crippen LogP contribution in [0.1, 0.15) is 24.0 Å². The van der Waals surface area contributed by atoms with E-state index in [0.29, 0.717) is 11.5 Å². The minimum Gasteiger partial charge on any atom is -0.497 e. The highest BCUT2D eigenvalue weighted by Crippen LogP contribution is 2.46. The molecule has 0 amide bonds. The van der Waals surface area contributed by atoms with E-state index in [-0.39, 0.29) is 18.7 Å². The molecule has 0 aromatic heterocycles. The Labute approximate surface area is 159 Å². The Balaban J connectivity index is 1.70. The second-order valence-corrected chi connectivity index (χ2v) is 7.33. The number of ether oxygens (including phenoxy) is 3. The van der Waals surface area contributed by atoms with Crippen LogP contribution in [0.25, 0.3) is 0 Å². The molecule has 2 aliphatic rings. The third-order valence-electron chi connectivity index (χ3n) is 5.65. The Hall–Kier alpha value is -2.53. The zero-order valence-electron chi connectivity index (χ0n) is 15.8. The van der Waals surface area contributed by atoms with Crippen molar-refractivity contribution in [2.24, 2.45) is 0 Å². The molecule has 142 valence electrons. The normalized spacial score (nSPS) is 22.7. The van der Waals surface area contributed by atoms with Gasteiger partial charge in [-0.1, -0.05) is 36.4 Å². The van der Waals surface area contributed by atoms with Crippen molar-refractivity contribution in [1.29, 1.82) is 0 Å². The van der Waals surface area contributed by atoms with E-state index in [4.69, 9.17) is 14.2 Å². The lowest BCUT2D eigenvalue weighted by Crippen LogP contribution is -2.44. The molecule has 1 fully saturated rings. The number of piperidine rings is 1. The number of benzene rings is 2. The van der Waals surface area contributed by atoms with E-state index in [9.17, 15) is 4.79 Å². The summed E-state index contributed by atoms with van der Waals surface area (Å²) in [5.41, 5.74) is 0.797. The maximum atomic E-state index is 13.5. The number of likely N-dealkylation sites (tertiary alicyclic amines) is 1. The number of rotatable bonds is 4. The summed E-state index contributed by atoms with van der Waals surface area (Å²) in [6.45, 7) is 2.13. The van der Waals surface area contributed by atoms with E-state index in [1.54, 1.807) is 7.11 Å². The summed E-state index contributed by atoms with van der Waals surface area (Å²) in [5, 5.41) is 0. The molecule has 5 nitrogen and oxygen atoms in total. The summed E-state index contributed by atoms with van der Waals surface area (Å²) in [5.74, 6) is 1.16. The minimum absolute atomic E-state index is 0.0448. The zero-order valence-corrected chi connectivity index (χ0v) is 15.8. The van der Waals surface area contributed by atoms with Crippen molar-refractivity contribution >= 4 is 5.97 Å². The first-order chi connectivity index (χ1) is 13.1. The summed E-state index contributed by atoms with van der Waals surface area (Å²) in [6.07, 6.45) is 1.68. The lowest BCUT2D eigenvalue weighted by molar-refractivity contribution is -0.157. The van der Waals surface area contributed by atoms with Crippen LogP contribution in [0.3, 0.4) is 0 Å². The molecular formula is C22H25NO4. The fourth-order valence-electron chi connectivity index (χ4n) is 3.97. The topological polar surface area (TPSA) is 48.0 Å². The predicted molar refractivity (Wildman–Crippen MR) is 102 cm³/mol. The molecule has 27 heavy (non-hydrogen) atoms. The van der Waals surface area contributed by atoms with Crippen LogP contribution in [0.5, 0.6) is 11.5 Å². The summed E-state index contributed by atoms with van der Waals surface area (Å²) in [7, 11) is 3.72. The molecule has 0 aliphatic carbocycles. The SMILES string of the molecule is COc1ccc2c(c1)OCC2(C(=O)OC1CCN(C)CC1)c1ccccc1. The van der Waals surface area contributed by atoms with Crippen LogP contribution >= 0.6 is 0 Å². The van der Waals surface area contributed by atoms with Crippen LogP contribution in [-0.4, -0.2) is 50.8 Å². The van der Waals surface area contributed by atoms with Crippen molar-refractivity contribution in [3.63, 3.8) is 0 Å². The lowest BCUT2D eigenvalue weighted by atomic mass is 9.76. The summed E-state index contributed by atoms with van der Waals surface area (Å²) in [4.78, 5) is 15.7. The van der Waals surface area contributed by atoms with E-state index >= 15 is 0 Å². The van der Waals surface area contributed by atoms with Gasteiger partial charge in [0.1, 0.15) is 24.2 Å². The Morgan fingerprint density at radius 1 is 1.15 bits per heavy atom. The van der Waals surface area contributed by atoms with Crippen LogP contribution < -0.4 is 9.47 Å². The molecule has 2 aromatic rings. The number of carbonyl (C=O) groups is 1. The highest BCUT2D eigenvalue weighted by atomic mass is 16.6. The minimum atomic E-state index is -0.938. The van der Waals surface area contributed by atoms with Gasteiger partial charge in [-0.15, -0.1) is 0 Å². The van der Waals surface area contributed by atoms with Gasteiger partial charge in [0.25, 0.3) is 0 Å². The van der Waals surface area contributed by atoms with Crippen molar-refractivity contribution in [3.8, 4) is 11.5 Å². The van der Waals surface area contributed by atoms with E-state index in [0.717, 1.165) is 37.1 Å². The third-order valence-corrected chi connectivity index (χ3v) is 5.65. The van der Waals surface area contributed by atoms with E-state index in [2.05, 4.69) is 11.9 Å². The van der Waals surface area contributed by atoms with Crippen molar-refractivity contribution in [2.75, 3.05) is 33.9 Å². The molecule has 4 rings (SSSR count). The maximum Gasteiger partial charge on any atom is 0.325 e. The number of methoxy groups -OCH3 is 1. The van der Waals surface area contributed by atoms with Crippen molar-refractivity contribution < 1.29 is 19.0 Å². The Morgan fingerprint density at radius 3 is 2.59 bits per heavy atom. The predicted octanol–water partition coefficient (Wildman–Crippen LogP) is 3.01. The van der Waals surface area contributed by atoms with Gasteiger partial charge in [-0.05, 0) is 31.5 Å². The van der Waals surface area contributed by atoms with Crippen LogP contribution in [0, 0.1) is 0 Å². The van der Waals surface area contributed by atoms with E-state index < -0.39 is 5.41 Å². The number of hydrogen-bond acceptors (Lipinski definition) is 5. The van der Waals surface area contributed by atoms with Crippen LogP contribution in [0.2, 0.25) is 0 Å². The van der Waals surface area contributed by atoms with Gasteiger partial charge in [0.15, 0.2) is 5.41 Å². The zero-order chi connectivity index (χ0) is 18.9. The molecule has 2 aromatic carbocycles. The van der Waals surface area contributed by atoms with Gasteiger partial charge in [-0.25, -0.2) is 0 Å². The van der Waals surface area contributed by atoms with Crippen LogP contribution in [-0.2, 0) is 14.9 Å². The molecule has 2 heterocycles. The molecule has 0 spiro atoms. The van der Waals surface area contributed by atoms with Gasteiger partial charge in [0.2, 0.25) is 0 Å². The maximum absolute atomic E-state index is 13.5. The standard InChI is InChI=1S/C22H25NO4/c1-23-12-10-17(11-13-23)27-21(24)22(16-6-4-3-5-7-16)15-26-20-14-18(25-2)8-9-19(20)22/h3-9,14,17H,10-13,15H2,1-2H3. The Bertz CT molecular complexity index is 814. The second-order valence-electron chi connectivity index (χ2n) is 7.33. The smallest absolute Gasteiger partial charge is 0.325 e. The molecule has 5 heteroatoms. The second kappa shape index (κ2) is 7.24. The van der Waals surface area contributed by atoms with Gasteiger partial charge >= 0.3 is 5.97 Å². The first-order valence-corrected chi connectivity index (χ1v) is 9.40. The van der Waals surface area contributed by atoms with E-state index in [1.807, 2.05) is 48.5 Å². The number of hydrogen-bond donors (Lipinski definition) is 0. The summed E-state index contributed by atoms with van der Waals surface area (Å²) in [6, 6.07) is 15.4. The lowest BCUT2D eigenvalue weighted by Gasteiger charge is -2.33. The molecular weight excluding hydrogens is 342 g/mol. The van der Waals surface area contributed by atoms with Gasteiger partial charge < -0.3 is 19.1 Å². The number of fused-ring (bicyclic) bond motifs is 1. The van der Waals surface area contributed by atoms with Crippen molar-refractivity contribution in [2.45, 2.75) is 24.4 Å². The molecule has 0 N–H and O–H groups in total. The Morgan fingerprint density at radius 2 is 1.89 bits per heavy atom. The first-order valence-electron chi connectivity index (χ1n) is 9.40. The number of nitrogens with zero attached hydrogens (tertiary/aromatic N) is 1. The highest BCUT2D eigenvalue weighted by Gasteiger charge is 2.51. The fraction of sp³-hybridized carbons (Fsp3) is 0.409. The Kier molecular flexibility index (Phi) is 4.79. The molecule has 1 unspecified atom stereocenters. The molecule has 0 saturated carbocycles. The molecule has 0 bridgehead atoms. The van der Waals surface area contributed by atoms with Gasteiger partial charge in [-0.3, -0.25) is 4.79 Å². The highest BCUT2D eigenvalue weighted by molar-refractivity contribution is 5.90. The van der Waals surface area contributed by atoms with Crippen LogP contribution in [0.4, 0.5) is 0 Å². The molecule has 1 atom stereocenters. The largest absolute Gasteiger partial charge is 0.497 e. The first kappa shape index (κ1) is 17.9. The number of esters is 1. The van der Waals surface area contributed by atoms with E-state index in [1.165, 1.54) is 0 Å². The van der Waals surface area contributed by atoms with Crippen molar-refractivity contribution in [3.05, 3.63) is 59.7 Å². The fourth-order valence-corrected chi connectivity index (χ4v) is 3.97. The van der Waals surface area contributed by atoms with Crippen molar-refractivity contribution in [1.82, 2.24) is 4.90 Å². The third kappa shape index (κ3) is 3.16. The number of carbonyl (C=O) groups excluding carboxylic acids is 1. The summed E-state index contributed by atoms with van der Waals surface area (Å²) < 4.78 is 17.3. The van der Waals surface area contributed by atoms with Crippen LogP contribution in [0.15, 0.2) is 48.5 Å².